The number of nitro benzene ring substituents is 1. The number of anilines is 2. The van der Waals surface area contributed by atoms with Crippen LogP contribution in [-0.2, 0) is 6.54 Å². The van der Waals surface area contributed by atoms with Gasteiger partial charge >= 0.3 is 0 Å². The van der Waals surface area contributed by atoms with Crippen LogP contribution < -0.4 is 5.32 Å². The van der Waals surface area contributed by atoms with E-state index in [1.54, 1.807) is 0 Å². The summed E-state index contributed by atoms with van der Waals surface area (Å²) in [5.74, 6) is 0. The fourth-order valence-electron chi connectivity index (χ4n) is 2.86. The molecule has 0 aliphatic rings. The molecule has 0 aliphatic heterocycles. The van der Waals surface area contributed by atoms with Crippen LogP contribution in [0.2, 0.25) is 0 Å². The highest BCUT2D eigenvalue weighted by atomic mass is 79.9. The highest BCUT2D eigenvalue weighted by Gasteiger charge is 2.18. The lowest BCUT2D eigenvalue weighted by Gasteiger charge is -2.15. The number of fused-ring (bicyclic) bond motifs is 1. The van der Waals surface area contributed by atoms with Gasteiger partial charge in [0.1, 0.15) is 6.07 Å². The molecule has 8 heteroatoms. The van der Waals surface area contributed by atoms with Crippen LogP contribution >= 0.6 is 15.9 Å². The third kappa shape index (κ3) is 4.05. The normalized spacial score (nSPS) is 10.8. The molecule has 0 radical (unpaired) electrons. The summed E-state index contributed by atoms with van der Waals surface area (Å²) in [6, 6.07) is 12.6. The van der Waals surface area contributed by atoms with Crippen LogP contribution in [0.5, 0.6) is 0 Å². The molecule has 0 fully saturated rings. The number of hydrogen-bond acceptors (Lipinski definition) is 6. The first-order valence-electron chi connectivity index (χ1n) is 8.06. The smallest absolute Gasteiger partial charge is 0.270 e. The van der Waals surface area contributed by atoms with Crippen molar-refractivity contribution in [1.29, 1.82) is 5.26 Å². The molecule has 136 valence electrons. The second-order valence-electron chi connectivity index (χ2n) is 6.29. The van der Waals surface area contributed by atoms with Gasteiger partial charge in [-0.25, -0.2) is 0 Å². The summed E-state index contributed by atoms with van der Waals surface area (Å²) in [5.41, 5.74) is 2.91. The fourth-order valence-corrected chi connectivity index (χ4v) is 3.26. The molecule has 1 heterocycles. The first-order valence-corrected chi connectivity index (χ1v) is 8.86. The molecular formula is C19H16BrN5O2. The average Bonchev–Trinajstić information content (AvgIpc) is 2.61. The van der Waals surface area contributed by atoms with E-state index in [-0.39, 0.29) is 5.69 Å². The maximum Gasteiger partial charge on any atom is 0.270 e. The number of nitro groups is 1. The number of halogens is 1. The molecule has 0 bridgehead atoms. The largest absolute Gasteiger partial charge is 0.354 e. The summed E-state index contributed by atoms with van der Waals surface area (Å²) in [7, 11) is 3.77. The van der Waals surface area contributed by atoms with Crippen molar-refractivity contribution in [2.75, 3.05) is 19.4 Å². The van der Waals surface area contributed by atoms with Gasteiger partial charge in [-0.3, -0.25) is 15.1 Å². The van der Waals surface area contributed by atoms with Crippen LogP contribution in [0, 0.1) is 21.4 Å². The molecule has 0 saturated heterocycles. The van der Waals surface area contributed by atoms with Crippen molar-refractivity contribution in [3.05, 3.63) is 68.3 Å². The zero-order valence-electron chi connectivity index (χ0n) is 14.7. The Morgan fingerprint density at radius 1 is 1.33 bits per heavy atom. The Balaban J connectivity index is 2.28. The average molecular weight is 426 g/mol. The summed E-state index contributed by atoms with van der Waals surface area (Å²) >= 11 is 3.42. The highest BCUT2D eigenvalue weighted by Crippen LogP contribution is 2.34. The van der Waals surface area contributed by atoms with Gasteiger partial charge in [0.05, 0.1) is 21.7 Å². The lowest BCUT2D eigenvalue weighted by atomic mass is 10.0. The molecule has 7 nitrogen and oxygen atoms in total. The van der Waals surface area contributed by atoms with Crippen LogP contribution in [0.4, 0.5) is 17.1 Å². The lowest BCUT2D eigenvalue weighted by Crippen LogP contribution is -2.12. The molecule has 0 unspecified atom stereocenters. The molecular weight excluding hydrogens is 410 g/mol. The number of rotatable bonds is 5. The van der Waals surface area contributed by atoms with Crippen LogP contribution in [0.1, 0.15) is 11.1 Å². The quantitative estimate of drug-likeness (QED) is 0.474. The number of non-ortho nitro benzene ring substituents is 1. The second kappa shape index (κ2) is 7.70. The topological polar surface area (TPSA) is 95.1 Å². The maximum atomic E-state index is 11.4. The van der Waals surface area contributed by atoms with Gasteiger partial charge < -0.3 is 10.2 Å². The maximum absolute atomic E-state index is 11.4. The molecule has 0 amide bonds. The molecule has 0 saturated carbocycles. The van der Waals surface area contributed by atoms with Crippen LogP contribution in [0.3, 0.4) is 0 Å². The van der Waals surface area contributed by atoms with Gasteiger partial charge in [0, 0.05) is 40.4 Å². The number of pyridine rings is 1. The van der Waals surface area contributed by atoms with Crippen molar-refractivity contribution in [3.8, 4) is 6.07 Å². The van der Waals surface area contributed by atoms with Crippen molar-refractivity contribution in [2.45, 2.75) is 6.54 Å². The Bertz CT molecular complexity index is 1080. The molecule has 1 N–H and O–H groups in total. The van der Waals surface area contributed by atoms with Crippen LogP contribution in [0.15, 0.2) is 47.1 Å². The van der Waals surface area contributed by atoms with E-state index in [0.717, 1.165) is 15.7 Å². The minimum absolute atomic E-state index is 0.0338. The molecule has 0 spiro atoms. The van der Waals surface area contributed by atoms with Gasteiger partial charge in [-0.15, -0.1) is 0 Å². The fraction of sp³-hybridized carbons (Fsp3) is 0.158. The summed E-state index contributed by atoms with van der Waals surface area (Å²) in [5, 5.41) is 24.7. The van der Waals surface area contributed by atoms with Gasteiger partial charge in [0.2, 0.25) is 0 Å². The van der Waals surface area contributed by atoms with E-state index < -0.39 is 4.92 Å². The van der Waals surface area contributed by atoms with Gasteiger partial charge in [-0.2, -0.15) is 5.26 Å². The number of nitrogens with one attached hydrogen (secondary N) is 1. The molecule has 1 aromatic heterocycles. The molecule has 0 atom stereocenters. The van der Waals surface area contributed by atoms with E-state index in [2.05, 4.69) is 32.3 Å². The first kappa shape index (κ1) is 18.8. The van der Waals surface area contributed by atoms with Crippen molar-refractivity contribution in [2.24, 2.45) is 0 Å². The number of aromatic nitrogens is 1. The van der Waals surface area contributed by atoms with E-state index in [1.165, 1.54) is 18.3 Å². The Morgan fingerprint density at radius 2 is 2.11 bits per heavy atom. The Labute approximate surface area is 164 Å². The summed E-state index contributed by atoms with van der Waals surface area (Å²) in [6.07, 6.45) is 1.49. The molecule has 3 rings (SSSR count). The Morgan fingerprint density at radius 3 is 2.74 bits per heavy atom. The van der Waals surface area contributed by atoms with Gasteiger partial charge in [-0.1, -0.05) is 22.0 Å². The van der Waals surface area contributed by atoms with E-state index in [4.69, 9.17) is 0 Å². The van der Waals surface area contributed by atoms with Crippen LogP contribution in [-0.4, -0.2) is 28.9 Å². The Hall–Kier alpha value is -3.02. The summed E-state index contributed by atoms with van der Waals surface area (Å²) in [4.78, 5) is 17.3. The van der Waals surface area contributed by atoms with Crippen molar-refractivity contribution in [1.82, 2.24) is 9.88 Å². The minimum Gasteiger partial charge on any atom is -0.354 e. The van der Waals surface area contributed by atoms with Gasteiger partial charge in [0.15, 0.2) is 0 Å². The highest BCUT2D eigenvalue weighted by molar-refractivity contribution is 9.10. The minimum atomic E-state index is -0.430. The van der Waals surface area contributed by atoms with Crippen LogP contribution in [0.25, 0.3) is 10.9 Å². The standard InChI is InChI=1S/C19H16BrN5O2/c1-24(2)11-12-6-16(25(26)27)8-17-18(12)22-10-13(9-21)19(17)23-15-5-3-4-14(20)7-15/h3-8,10H,11H2,1-2H3,(H,22,23). The zero-order chi connectivity index (χ0) is 19.6. The third-order valence-electron chi connectivity index (χ3n) is 3.95. The number of nitrogens with zero attached hydrogens (tertiary/aromatic N) is 4. The number of hydrogen-bond donors (Lipinski definition) is 1. The zero-order valence-corrected chi connectivity index (χ0v) is 16.3. The third-order valence-corrected chi connectivity index (χ3v) is 4.44. The van der Waals surface area contributed by atoms with Crippen molar-refractivity contribution in [3.63, 3.8) is 0 Å². The number of nitriles is 1. The Kier molecular flexibility index (Phi) is 5.35. The molecule has 2 aromatic carbocycles. The van der Waals surface area contributed by atoms with E-state index in [0.29, 0.717) is 28.7 Å². The summed E-state index contributed by atoms with van der Waals surface area (Å²) < 4.78 is 0.878. The predicted octanol–water partition coefficient (Wildman–Crippen LogP) is 4.58. The summed E-state index contributed by atoms with van der Waals surface area (Å²) in [6.45, 7) is 0.493. The SMILES string of the molecule is CN(C)Cc1cc([N+](=O)[O-])cc2c(Nc3cccc(Br)c3)c(C#N)cnc12. The number of benzene rings is 2. The van der Waals surface area contributed by atoms with E-state index in [9.17, 15) is 15.4 Å². The van der Waals surface area contributed by atoms with Crippen molar-refractivity contribution >= 4 is 43.9 Å². The molecule has 0 aliphatic carbocycles. The first-order chi connectivity index (χ1) is 12.9. The predicted molar refractivity (Wildman–Crippen MR) is 108 cm³/mol. The van der Waals surface area contributed by atoms with Gasteiger partial charge in [-0.05, 0) is 37.9 Å². The second-order valence-corrected chi connectivity index (χ2v) is 7.21. The van der Waals surface area contributed by atoms with Gasteiger partial charge in [0.25, 0.3) is 5.69 Å². The van der Waals surface area contributed by atoms with E-state index in [1.807, 2.05) is 43.3 Å². The van der Waals surface area contributed by atoms with Crippen molar-refractivity contribution < 1.29 is 4.92 Å². The molecule has 27 heavy (non-hydrogen) atoms. The monoisotopic (exact) mass is 425 g/mol. The van der Waals surface area contributed by atoms with E-state index >= 15 is 0 Å². The molecule has 3 aromatic rings. The lowest BCUT2D eigenvalue weighted by molar-refractivity contribution is -0.384.